The number of anilines is 1. The number of nitrogens with zero attached hydrogens (tertiary/aromatic N) is 5. The van der Waals surface area contributed by atoms with Crippen molar-refractivity contribution < 1.29 is 9.59 Å². The molecule has 2 aromatic rings. The van der Waals surface area contributed by atoms with E-state index in [2.05, 4.69) is 20.9 Å². The van der Waals surface area contributed by atoms with Gasteiger partial charge in [0.15, 0.2) is 0 Å². The molecule has 1 saturated carbocycles. The van der Waals surface area contributed by atoms with Crippen LogP contribution < -0.4 is 4.90 Å². The van der Waals surface area contributed by atoms with Crippen LogP contribution in [0.3, 0.4) is 0 Å². The van der Waals surface area contributed by atoms with Crippen molar-refractivity contribution in [1.82, 2.24) is 19.4 Å². The normalized spacial score (nSPS) is 23.5. The molecule has 2 fully saturated rings. The van der Waals surface area contributed by atoms with Crippen LogP contribution in [0.25, 0.3) is 0 Å². The van der Waals surface area contributed by atoms with E-state index >= 15 is 0 Å². The van der Waals surface area contributed by atoms with Crippen molar-refractivity contribution in [2.75, 3.05) is 24.5 Å². The number of piperidine rings is 1. The number of rotatable bonds is 5. The predicted octanol–water partition coefficient (Wildman–Crippen LogP) is 4.00. The number of hydrogen-bond donors (Lipinski definition) is 0. The Balaban J connectivity index is 1.45. The van der Waals surface area contributed by atoms with E-state index in [0.717, 1.165) is 55.5 Å². The van der Waals surface area contributed by atoms with Crippen LogP contribution in [0.15, 0.2) is 36.7 Å². The van der Waals surface area contributed by atoms with Crippen molar-refractivity contribution >= 4 is 17.5 Å². The van der Waals surface area contributed by atoms with Crippen molar-refractivity contribution in [2.24, 2.45) is 5.92 Å². The molecule has 5 rings (SSSR count). The third-order valence-electron chi connectivity index (χ3n) is 8.16. The van der Waals surface area contributed by atoms with Crippen molar-refractivity contribution in [3.8, 4) is 0 Å². The third-order valence-corrected chi connectivity index (χ3v) is 8.16. The average Bonchev–Trinajstić information content (AvgIpc) is 3.57. The van der Waals surface area contributed by atoms with Gasteiger partial charge in [0.2, 0.25) is 11.8 Å². The van der Waals surface area contributed by atoms with Gasteiger partial charge in [-0.3, -0.25) is 14.5 Å². The van der Waals surface area contributed by atoms with Gasteiger partial charge in [-0.25, -0.2) is 4.98 Å². The quantitative estimate of drug-likeness (QED) is 0.653. The summed E-state index contributed by atoms with van der Waals surface area (Å²) >= 11 is 0. The lowest BCUT2D eigenvalue weighted by Gasteiger charge is -2.44. The highest BCUT2D eigenvalue weighted by Gasteiger charge is 2.37. The minimum Gasteiger partial charge on any atom is -0.337 e. The van der Waals surface area contributed by atoms with Gasteiger partial charge in [0.05, 0.1) is 0 Å². The first-order valence-corrected chi connectivity index (χ1v) is 13.4. The van der Waals surface area contributed by atoms with E-state index in [1.54, 1.807) is 13.1 Å². The van der Waals surface area contributed by atoms with Gasteiger partial charge < -0.3 is 14.4 Å². The molecule has 7 heteroatoms. The van der Waals surface area contributed by atoms with E-state index in [1.165, 1.54) is 25.7 Å². The highest BCUT2D eigenvalue weighted by Crippen LogP contribution is 2.36. The molecule has 2 amide bonds. The lowest BCUT2D eigenvalue weighted by Crippen LogP contribution is -2.53. The molecule has 35 heavy (non-hydrogen) atoms. The zero-order valence-corrected chi connectivity index (χ0v) is 21.2. The van der Waals surface area contributed by atoms with Crippen LogP contribution in [0.4, 0.5) is 5.69 Å². The topological polar surface area (TPSA) is 61.7 Å². The van der Waals surface area contributed by atoms with Gasteiger partial charge in [-0.1, -0.05) is 24.6 Å². The molecular weight excluding hydrogens is 438 g/mol. The lowest BCUT2D eigenvalue weighted by molar-refractivity contribution is -0.133. The van der Waals surface area contributed by atoms with Crippen molar-refractivity contribution in [1.29, 1.82) is 0 Å². The molecule has 3 heterocycles. The number of benzene rings is 1. The number of hydrogen-bond acceptors (Lipinski definition) is 4. The van der Waals surface area contributed by atoms with Crippen LogP contribution in [0, 0.1) is 12.8 Å². The molecule has 1 saturated heterocycles. The molecule has 2 aliphatic heterocycles. The lowest BCUT2D eigenvalue weighted by atomic mass is 9.92. The Hall–Kier alpha value is -2.67. The minimum absolute atomic E-state index is 0.0752. The van der Waals surface area contributed by atoms with E-state index in [4.69, 9.17) is 0 Å². The first-order chi connectivity index (χ1) is 17.0. The van der Waals surface area contributed by atoms with E-state index in [1.807, 2.05) is 40.8 Å². The molecule has 1 aromatic carbocycles. The minimum atomic E-state index is 0.0752. The number of carbonyl (C=O) groups excluding carboxylic acids is 2. The number of fused-ring (bicyclic) bond motifs is 3. The van der Waals surface area contributed by atoms with Crippen molar-refractivity contribution in [3.63, 3.8) is 0 Å². The second-order valence-electron chi connectivity index (χ2n) is 10.7. The zero-order chi connectivity index (χ0) is 24.4. The zero-order valence-electron chi connectivity index (χ0n) is 21.2. The monoisotopic (exact) mass is 477 g/mol. The molecule has 0 N–H and O–H groups in total. The number of imidazole rings is 1. The maximum Gasteiger partial charge on any atom is 0.224 e. The Kier molecular flexibility index (Phi) is 7.23. The predicted molar refractivity (Wildman–Crippen MR) is 137 cm³/mol. The molecule has 2 unspecified atom stereocenters. The Morgan fingerprint density at radius 2 is 1.86 bits per heavy atom. The fourth-order valence-corrected chi connectivity index (χ4v) is 5.98. The summed E-state index contributed by atoms with van der Waals surface area (Å²) in [7, 11) is 0. The molecule has 1 aromatic heterocycles. The second-order valence-corrected chi connectivity index (χ2v) is 10.7. The van der Waals surface area contributed by atoms with E-state index in [9.17, 15) is 9.59 Å². The molecule has 2 atom stereocenters. The molecular formula is C28H39N5O2. The number of aromatic nitrogens is 2. The fraction of sp³-hybridized carbons (Fsp3) is 0.607. The Bertz CT molecular complexity index is 1050. The first-order valence-electron chi connectivity index (χ1n) is 13.4. The molecule has 2 bridgehead atoms. The van der Waals surface area contributed by atoms with Crippen molar-refractivity contribution in [2.45, 2.75) is 84.0 Å². The van der Waals surface area contributed by atoms with E-state index < -0.39 is 0 Å². The Labute approximate surface area is 209 Å². The second kappa shape index (κ2) is 10.5. The number of para-hydroxylation sites is 1. The summed E-state index contributed by atoms with van der Waals surface area (Å²) in [5, 5.41) is 0. The summed E-state index contributed by atoms with van der Waals surface area (Å²) in [6.45, 7) is 7.46. The summed E-state index contributed by atoms with van der Waals surface area (Å²) in [6, 6.07) is 9.01. The first kappa shape index (κ1) is 24.0. The van der Waals surface area contributed by atoms with Gasteiger partial charge in [-0.15, -0.1) is 0 Å². The standard InChI is InChI=1S/C28H39N5O2/c1-21-29-14-17-30(21)15-13-28(35)31-19-24-6-3-4-9-27(24)32(22(2)34)16-12-25-7-5-8-26(20-31)33(25)18-23-10-11-23/h3-4,6,9,14,17,23,25-26H,5,7-8,10-13,15-16,18-20H2,1-2H3. The van der Waals surface area contributed by atoms with Crippen LogP contribution >= 0.6 is 0 Å². The van der Waals surface area contributed by atoms with Crippen LogP contribution in [0.5, 0.6) is 0 Å². The summed E-state index contributed by atoms with van der Waals surface area (Å²) in [6.07, 6.45) is 11.4. The van der Waals surface area contributed by atoms with Crippen LogP contribution in [-0.4, -0.2) is 62.9 Å². The highest BCUT2D eigenvalue weighted by molar-refractivity contribution is 5.92. The number of amides is 2. The van der Waals surface area contributed by atoms with Gasteiger partial charge >= 0.3 is 0 Å². The smallest absolute Gasteiger partial charge is 0.224 e. The summed E-state index contributed by atoms with van der Waals surface area (Å²) < 4.78 is 2.05. The number of carbonyl (C=O) groups is 2. The maximum absolute atomic E-state index is 13.7. The van der Waals surface area contributed by atoms with Crippen LogP contribution in [-0.2, 0) is 22.7 Å². The average molecular weight is 478 g/mol. The molecule has 1 aliphatic carbocycles. The largest absolute Gasteiger partial charge is 0.337 e. The summed E-state index contributed by atoms with van der Waals surface area (Å²) in [5.41, 5.74) is 2.01. The SMILES string of the molecule is CC(=O)N1CCC2CCCC(CN(C(=O)CCn3ccnc3C)Cc3ccccc31)N2CC1CC1. The molecule has 3 aliphatic rings. The maximum atomic E-state index is 13.7. The Morgan fingerprint density at radius 3 is 2.60 bits per heavy atom. The summed E-state index contributed by atoms with van der Waals surface area (Å²) in [4.78, 5) is 37.5. The Morgan fingerprint density at radius 1 is 1.06 bits per heavy atom. The summed E-state index contributed by atoms with van der Waals surface area (Å²) in [5.74, 6) is 1.99. The molecule has 7 nitrogen and oxygen atoms in total. The van der Waals surface area contributed by atoms with Gasteiger partial charge in [-0.05, 0) is 56.6 Å². The third kappa shape index (κ3) is 5.61. The van der Waals surface area contributed by atoms with E-state index in [0.29, 0.717) is 31.6 Å². The van der Waals surface area contributed by atoms with Gasteiger partial charge in [-0.2, -0.15) is 0 Å². The molecule has 0 radical (unpaired) electrons. The van der Waals surface area contributed by atoms with Crippen molar-refractivity contribution in [3.05, 3.63) is 48.0 Å². The van der Waals surface area contributed by atoms with E-state index in [-0.39, 0.29) is 11.8 Å². The van der Waals surface area contributed by atoms with Crippen LogP contribution in [0.2, 0.25) is 0 Å². The fourth-order valence-electron chi connectivity index (χ4n) is 5.98. The van der Waals surface area contributed by atoms with Gasteiger partial charge in [0.25, 0.3) is 0 Å². The van der Waals surface area contributed by atoms with Gasteiger partial charge in [0, 0.05) is 76.2 Å². The number of aryl methyl sites for hydroxylation is 2. The van der Waals surface area contributed by atoms with Crippen LogP contribution in [0.1, 0.15) is 63.3 Å². The molecule has 188 valence electrons. The van der Waals surface area contributed by atoms with Gasteiger partial charge in [0.1, 0.15) is 5.82 Å². The molecule has 0 spiro atoms. The highest BCUT2D eigenvalue weighted by atomic mass is 16.2.